The predicted octanol–water partition coefficient (Wildman–Crippen LogP) is 2.45. The van der Waals surface area contributed by atoms with Crippen molar-refractivity contribution in [1.29, 1.82) is 0 Å². The normalized spacial score (nSPS) is 16.7. The largest absolute Gasteiger partial charge is 0.257 e. The number of benzene rings is 1. The number of hydrogen-bond acceptors (Lipinski definition) is 2. The Balaban J connectivity index is 1.85. The van der Waals surface area contributed by atoms with E-state index in [1.807, 2.05) is 6.07 Å². The van der Waals surface area contributed by atoms with Crippen LogP contribution in [0.4, 0.5) is 0 Å². The number of hydrogen-bond donors (Lipinski definition) is 1. The molecule has 1 saturated carbocycles. The Labute approximate surface area is 71.3 Å². The summed E-state index contributed by atoms with van der Waals surface area (Å²) in [5.74, 6) is 0. The molecule has 0 atom stereocenters. The molecular formula is C9H11NS. The fourth-order valence-corrected chi connectivity index (χ4v) is 1.67. The lowest BCUT2D eigenvalue weighted by molar-refractivity contribution is 0.970. The van der Waals surface area contributed by atoms with E-state index in [1.54, 1.807) is 11.9 Å². The third-order valence-corrected chi connectivity index (χ3v) is 2.62. The minimum Gasteiger partial charge on any atom is -0.257 e. The van der Waals surface area contributed by atoms with Crippen LogP contribution in [0.5, 0.6) is 0 Å². The van der Waals surface area contributed by atoms with Crippen LogP contribution in [0.25, 0.3) is 0 Å². The Morgan fingerprint density at radius 3 is 2.55 bits per heavy atom. The van der Waals surface area contributed by atoms with Crippen LogP contribution >= 0.6 is 11.9 Å². The summed E-state index contributed by atoms with van der Waals surface area (Å²) in [4.78, 5) is 1.31. The zero-order chi connectivity index (χ0) is 7.52. The molecule has 2 rings (SSSR count). The molecule has 1 nitrogen and oxygen atoms in total. The van der Waals surface area contributed by atoms with Crippen molar-refractivity contribution < 1.29 is 0 Å². The Morgan fingerprint density at radius 2 is 1.91 bits per heavy atom. The van der Waals surface area contributed by atoms with Crippen molar-refractivity contribution in [3.05, 3.63) is 30.3 Å². The van der Waals surface area contributed by atoms with E-state index in [9.17, 15) is 0 Å². The van der Waals surface area contributed by atoms with Crippen LogP contribution in [0, 0.1) is 0 Å². The van der Waals surface area contributed by atoms with Crippen molar-refractivity contribution in [3.63, 3.8) is 0 Å². The van der Waals surface area contributed by atoms with Crippen molar-refractivity contribution in [2.45, 2.75) is 23.8 Å². The molecule has 11 heavy (non-hydrogen) atoms. The summed E-state index contributed by atoms with van der Waals surface area (Å²) in [6, 6.07) is 11.2. The highest BCUT2D eigenvalue weighted by molar-refractivity contribution is 7.97. The molecule has 0 aliphatic heterocycles. The monoisotopic (exact) mass is 165 g/mol. The van der Waals surface area contributed by atoms with E-state index in [0.29, 0.717) is 0 Å². The fraction of sp³-hybridized carbons (Fsp3) is 0.333. The lowest BCUT2D eigenvalue weighted by atomic mass is 10.4. The van der Waals surface area contributed by atoms with E-state index in [0.717, 1.165) is 6.04 Å². The number of rotatable bonds is 3. The van der Waals surface area contributed by atoms with Gasteiger partial charge in [0, 0.05) is 10.9 Å². The van der Waals surface area contributed by atoms with Gasteiger partial charge in [-0.15, -0.1) is 0 Å². The van der Waals surface area contributed by atoms with Crippen molar-refractivity contribution in [1.82, 2.24) is 4.72 Å². The third-order valence-electron chi connectivity index (χ3n) is 1.66. The van der Waals surface area contributed by atoms with Crippen molar-refractivity contribution >= 4 is 11.9 Å². The van der Waals surface area contributed by atoms with Gasteiger partial charge in [-0.3, -0.25) is 4.72 Å². The highest BCUT2D eigenvalue weighted by Gasteiger charge is 2.20. The van der Waals surface area contributed by atoms with Crippen LogP contribution in [0.2, 0.25) is 0 Å². The molecule has 1 aromatic rings. The standard InChI is InChI=1S/C9H11NS/c1-2-4-9(5-3-1)11-10-8-6-7-8/h1-5,8,10H,6-7H2. The Bertz CT molecular complexity index is 218. The van der Waals surface area contributed by atoms with Crippen LogP contribution in [0.3, 0.4) is 0 Å². The molecule has 0 bridgehead atoms. The molecular weight excluding hydrogens is 154 g/mol. The minimum absolute atomic E-state index is 0.778. The second-order valence-electron chi connectivity index (χ2n) is 2.81. The van der Waals surface area contributed by atoms with Gasteiger partial charge in [0.1, 0.15) is 0 Å². The summed E-state index contributed by atoms with van der Waals surface area (Å²) >= 11 is 1.74. The summed E-state index contributed by atoms with van der Waals surface area (Å²) in [5, 5.41) is 0. The summed E-state index contributed by atoms with van der Waals surface area (Å²) in [5.41, 5.74) is 0. The van der Waals surface area contributed by atoms with Crippen LogP contribution < -0.4 is 4.72 Å². The number of nitrogens with one attached hydrogen (secondary N) is 1. The van der Waals surface area contributed by atoms with Crippen LogP contribution in [-0.2, 0) is 0 Å². The van der Waals surface area contributed by atoms with Crippen molar-refractivity contribution in [2.75, 3.05) is 0 Å². The molecule has 1 N–H and O–H groups in total. The average molecular weight is 165 g/mol. The maximum absolute atomic E-state index is 3.39. The first kappa shape index (κ1) is 7.19. The molecule has 1 aliphatic carbocycles. The van der Waals surface area contributed by atoms with Crippen LogP contribution in [0.15, 0.2) is 35.2 Å². The topological polar surface area (TPSA) is 12.0 Å². The van der Waals surface area contributed by atoms with E-state index in [1.165, 1.54) is 17.7 Å². The fourth-order valence-electron chi connectivity index (χ4n) is 0.841. The Hall–Kier alpha value is -0.470. The smallest absolute Gasteiger partial charge is 0.0228 e. The van der Waals surface area contributed by atoms with Gasteiger partial charge in [0.05, 0.1) is 0 Å². The van der Waals surface area contributed by atoms with Crippen molar-refractivity contribution in [2.24, 2.45) is 0 Å². The molecule has 0 heterocycles. The zero-order valence-corrected chi connectivity index (χ0v) is 7.10. The van der Waals surface area contributed by atoms with E-state index < -0.39 is 0 Å². The second-order valence-corrected chi connectivity index (χ2v) is 3.72. The van der Waals surface area contributed by atoms with E-state index in [4.69, 9.17) is 0 Å². The summed E-state index contributed by atoms with van der Waals surface area (Å²) in [7, 11) is 0. The molecule has 0 aromatic heterocycles. The first-order chi connectivity index (χ1) is 5.45. The van der Waals surface area contributed by atoms with Gasteiger partial charge in [-0.2, -0.15) is 0 Å². The molecule has 0 unspecified atom stereocenters. The minimum atomic E-state index is 0.778. The molecule has 0 amide bonds. The van der Waals surface area contributed by atoms with Gasteiger partial charge in [0.15, 0.2) is 0 Å². The lowest BCUT2D eigenvalue weighted by Gasteiger charge is -1.99. The van der Waals surface area contributed by atoms with Gasteiger partial charge in [0.2, 0.25) is 0 Å². The lowest BCUT2D eigenvalue weighted by Crippen LogP contribution is -2.04. The van der Waals surface area contributed by atoms with Gasteiger partial charge in [-0.05, 0) is 36.9 Å². The SMILES string of the molecule is c1ccc(SNC2CC2)cc1. The quantitative estimate of drug-likeness (QED) is 0.690. The Morgan fingerprint density at radius 1 is 1.18 bits per heavy atom. The Kier molecular flexibility index (Phi) is 2.15. The highest BCUT2D eigenvalue weighted by atomic mass is 32.2. The van der Waals surface area contributed by atoms with Crippen molar-refractivity contribution in [3.8, 4) is 0 Å². The summed E-state index contributed by atoms with van der Waals surface area (Å²) < 4.78 is 3.39. The molecule has 0 saturated heterocycles. The van der Waals surface area contributed by atoms with Gasteiger partial charge in [-0.25, -0.2) is 0 Å². The van der Waals surface area contributed by atoms with Gasteiger partial charge in [-0.1, -0.05) is 18.2 Å². The van der Waals surface area contributed by atoms with Gasteiger partial charge < -0.3 is 0 Å². The molecule has 0 spiro atoms. The van der Waals surface area contributed by atoms with Crippen LogP contribution in [0.1, 0.15) is 12.8 Å². The van der Waals surface area contributed by atoms with E-state index >= 15 is 0 Å². The molecule has 1 fully saturated rings. The van der Waals surface area contributed by atoms with Gasteiger partial charge >= 0.3 is 0 Å². The average Bonchev–Trinajstić information content (AvgIpc) is 2.86. The summed E-state index contributed by atoms with van der Waals surface area (Å²) in [6.07, 6.45) is 2.69. The first-order valence-electron chi connectivity index (χ1n) is 3.92. The second kappa shape index (κ2) is 3.28. The predicted molar refractivity (Wildman–Crippen MR) is 48.5 cm³/mol. The highest BCUT2D eigenvalue weighted by Crippen LogP contribution is 2.24. The van der Waals surface area contributed by atoms with Gasteiger partial charge in [0.25, 0.3) is 0 Å². The molecule has 58 valence electrons. The molecule has 1 aromatic carbocycles. The molecule has 2 heteroatoms. The molecule has 0 radical (unpaired) electrons. The maximum atomic E-state index is 3.39. The summed E-state index contributed by atoms with van der Waals surface area (Å²) in [6.45, 7) is 0. The first-order valence-corrected chi connectivity index (χ1v) is 4.74. The van der Waals surface area contributed by atoms with E-state index in [2.05, 4.69) is 29.0 Å². The van der Waals surface area contributed by atoms with E-state index in [-0.39, 0.29) is 0 Å². The van der Waals surface area contributed by atoms with Crippen LogP contribution in [-0.4, -0.2) is 6.04 Å². The third kappa shape index (κ3) is 2.24. The molecule has 1 aliphatic rings. The maximum Gasteiger partial charge on any atom is 0.0228 e. The zero-order valence-electron chi connectivity index (χ0n) is 6.29.